The van der Waals surface area contributed by atoms with Gasteiger partial charge in [0.2, 0.25) is 0 Å². The molecule has 9 aromatic rings. The molecule has 0 fully saturated rings. The number of fused-ring (bicyclic) bond motifs is 9. The maximum absolute atomic E-state index is 5.26. The topological polar surface area (TPSA) is 30.7 Å². The fourth-order valence-corrected chi connectivity index (χ4v) is 7.41. The molecule has 0 amide bonds. The van der Waals surface area contributed by atoms with Crippen molar-refractivity contribution < 1.29 is 0 Å². The molecule has 0 spiro atoms. The highest BCUT2D eigenvalue weighted by Gasteiger charge is 2.16. The van der Waals surface area contributed by atoms with Crippen molar-refractivity contribution in [3.63, 3.8) is 0 Å². The minimum Gasteiger partial charge on any atom is -0.309 e. The van der Waals surface area contributed by atoms with Crippen LogP contribution in [0.15, 0.2) is 177 Å². The van der Waals surface area contributed by atoms with Crippen LogP contribution < -0.4 is 0 Å². The molecular weight excluding hydrogens is 607 g/mol. The Labute approximate surface area is 290 Å². The summed E-state index contributed by atoms with van der Waals surface area (Å²) in [6.45, 7) is 6.00. The molecule has 0 radical (unpaired) electrons. The average Bonchev–Trinajstić information content (AvgIpc) is 3.51. The second kappa shape index (κ2) is 12.1. The lowest BCUT2D eigenvalue weighted by atomic mass is 9.98. The fourth-order valence-electron chi connectivity index (χ4n) is 7.41. The number of allylic oxidation sites excluding steroid dienone is 5. The first-order valence-corrected chi connectivity index (χ1v) is 17.0. The van der Waals surface area contributed by atoms with E-state index in [0.717, 1.165) is 61.0 Å². The Morgan fingerprint density at radius 2 is 1.22 bits per heavy atom. The summed E-state index contributed by atoms with van der Waals surface area (Å²) in [6.07, 6.45) is 10.0. The molecule has 3 nitrogen and oxygen atoms in total. The largest absolute Gasteiger partial charge is 0.309 e. The number of nitrogens with zero attached hydrogens (tertiary/aromatic N) is 3. The number of hydrogen-bond donors (Lipinski definition) is 0. The van der Waals surface area contributed by atoms with E-state index in [4.69, 9.17) is 9.97 Å². The van der Waals surface area contributed by atoms with Crippen LogP contribution in [0.5, 0.6) is 0 Å². The van der Waals surface area contributed by atoms with Gasteiger partial charge in [0.05, 0.1) is 34.0 Å². The standard InChI is InChI=1S/C47H33N3/c1-3-13-31(14-4-2)33-23-25-44-41(28-33)42-29-34(24-26-45(42)50(44)36-17-6-5-7-18-36)32-15-12-16-35(27-32)43-30-48-46-39-21-10-8-19-37(39)38-20-9-11-22-40(38)47(46)49-43/h3-30H,1H2,2H3/b14-4-,31-13+. The van der Waals surface area contributed by atoms with E-state index < -0.39 is 0 Å². The predicted octanol–water partition coefficient (Wildman–Crippen LogP) is 12.5. The Morgan fingerprint density at radius 1 is 0.580 bits per heavy atom. The molecule has 7 aromatic carbocycles. The van der Waals surface area contributed by atoms with Crippen LogP contribution in [0.25, 0.3) is 88.0 Å². The van der Waals surface area contributed by atoms with E-state index in [1.807, 2.05) is 19.2 Å². The zero-order chi connectivity index (χ0) is 33.6. The Morgan fingerprint density at radius 3 is 1.96 bits per heavy atom. The second-order valence-electron chi connectivity index (χ2n) is 12.6. The van der Waals surface area contributed by atoms with Crippen LogP contribution in [0.2, 0.25) is 0 Å². The third kappa shape index (κ3) is 4.83. The van der Waals surface area contributed by atoms with E-state index in [-0.39, 0.29) is 0 Å². The van der Waals surface area contributed by atoms with Gasteiger partial charge in [-0.15, -0.1) is 0 Å². The van der Waals surface area contributed by atoms with Gasteiger partial charge in [-0.05, 0) is 82.4 Å². The lowest BCUT2D eigenvalue weighted by molar-refractivity contribution is 1.18. The van der Waals surface area contributed by atoms with Crippen LogP contribution in [0, 0.1) is 0 Å². The number of hydrogen-bond acceptors (Lipinski definition) is 2. The van der Waals surface area contributed by atoms with Crippen molar-refractivity contribution in [2.45, 2.75) is 6.92 Å². The van der Waals surface area contributed by atoms with Gasteiger partial charge in [-0.2, -0.15) is 0 Å². The molecule has 0 unspecified atom stereocenters. The van der Waals surface area contributed by atoms with Crippen molar-refractivity contribution in [3.05, 3.63) is 182 Å². The summed E-state index contributed by atoms with van der Waals surface area (Å²) in [5.41, 5.74) is 11.8. The number of para-hydroxylation sites is 1. The summed E-state index contributed by atoms with van der Waals surface area (Å²) in [5.74, 6) is 0. The van der Waals surface area contributed by atoms with Crippen LogP contribution in [0.4, 0.5) is 0 Å². The number of rotatable bonds is 6. The first-order valence-electron chi connectivity index (χ1n) is 17.0. The molecule has 0 N–H and O–H groups in total. The molecule has 0 bridgehead atoms. The van der Waals surface area contributed by atoms with Gasteiger partial charge in [0, 0.05) is 32.8 Å². The minimum atomic E-state index is 0.858. The Bertz CT molecular complexity index is 2800. The molecule has 0 aliphatic carbocycles. The second-order valence-corrected chi connectivity index (χ2v) is 12.6. The van der Waals surface area contributed by atoms with Crippen molar-refractivity contribution >= 4 is 60.0 Å². The summed E-state index contributed by atoms with van der Waals surface area (Å²) in [5, 5.41) is 7.05. The normalized spacial score (nSPS) is 12.2. The highest BCUT2D eigenvalue weighted by Crippen LogP contribution is 2.38. The predicted molar refractivity (Wildman–Crippen MR) is 213 cm³/mol. The fraction of sp³-hybridized carbons (Fsp3) is 0.0213. The van der Waals surface area contributed by atoms with E-state index in [1.165, 1.54) is 32.6 Å². The third-order valence-corrected chi connectivity index (χ3v) is 9.68. The number of aromatic nitrogens is 3. The molecule has 0 aliphatic heterocycles. The summed E-state index contributed by atoms with van der Waals surface area (Å²) in [4.78, 5) is 10.3. The van der Waals surface area contributed by atoms with Crippen LogP contribution in [-0.4, -0.2) is 14.5 Å². The summed E-state index contributed by atoms with van der Waals surface area (Å²) >= 11 is 0. The van der Waals surface area contributed by atoms with Crippen LogP contribution in [0.3, 0.4) is 0 Å². The minimum absolute atomic E-state index is 0.858. The molecule has 9 rings (SSSR count). The zero-order valence-corrected chi connectivity index (χ0v) is 27.7. The van der Waals surface area contributed by atoms with E-state index in [1.54, 1.807) is 0 Å². The average molecular weight is 640 g/mol. The molecule has 2 heterocycles. The Kier molecular flexibility index (Phi) is 7.18. The quantitative estimate of drug-likeness (QED) is 0.134. The molecule has 236 valence electrons. The summed E-state index contributed by atoms with van der Waals surface area (Å²) in [7, 11) is 0. The van der Waals surface area contributed by atoms with Gasteiger partial charge in [-0.1, -0.05) is 128 Å². The maximum Gasteiger partial charge on any atom is 0.0979 e. The lowest BCUT2D eigenvalue weighted by Gasteiger charge is -2.11. The van der Waals surface area contributed by atoms with Gasteiger partial charge < -0.3 is 4.57 Å². The van der Waals surface area contributed by atoms with Crippen LogP contribution in [-0.2, 0) is 0 Å². The third-order valence-electron chi connectivity index (χ3n) is 9.68. The molecule has 50 heavy (non-hydrogen) atoms. The van der Waals surface area contributed by atoms with Gasteiger partial charge >= 0.3 is 0 Å². The van der Waals surface area contributed by atoms with Gasteiger partial charge in [-0.25, -0.2) is 4.98 Å². The maximum atomic E-state index is 5.26. The Hall–Kier alpha value is -6.58. The zero-order valence-electron chi connectivity index (χ0n) is 27.7. The van der Waals surface area contributed by atoms with Gasteiger partial charge in [0.15, 0.2) is 0 Å². The van der Waals surface area contributed by atoms with Crippen molar-refractivity contribution in [3.8, 4) is 28.1 Å². The van der Waals surface area contributed by atoms with E-state index in [9.17, 15) is 0 Å². The van der Waals surface area contributed by atoms with E-state index in [2.05, 4.69) is 169 Å². The smallest absolute Gasteiger partial charge is 0.0979 e. The van der Waals surface area contributed by atoms with E-state index in [0.29, 0.717) is 0 Å². The Balaban J connectivity index is 1.21. The molecule has 0 atom stereocenters. The molecular formula is C47H33N3. The highest BCUT2D eigenvalue weighted by atomic mass is 15.0. The highest BCUT2D eigenvalue weighted by molar-refractivity contribution is 6.23. The summed E-state index contributed by atoms with van der Waals surface area (Å²) < 4.78 is 2.36. The molecule has 3 heteroatoms. The molecule has 0 saturated heterocycles. The van der Waals surface area contributed by atoms with Crippen LogP contribution in [0.1, 0.15) is 12.5 Å². The van der Waals surface area contributed by atoms with Crippen molar-refractivity contribution in [2.75, 3.05) is 0 Å². The van der Waals surface area contributed by atoms with Gasteiger partial charge in [0.1, 0.15) is 0 Å². The van der Waals surface area contributed by atoms with Crippen molar-refractivity contribution in [1.29, 1.82) is 0 Å². The number of benzene rings is 7. The van der Waals surface area contributed by atoms with E-state index >= 15 is 0 Å². The molecule has 2 aromatic heterocycles. The first-order chi connectivity index (χ1) is 24.7. The molecule has 0 saturated carbocycles. The van der Waals surface area contributed by atoms with Crippen molar-refractivity contribution in [2.24, 2.45) is 0 Å². The lowest BCUT2D eigenvalue weighted by Crippen LogP contribution is -1.93. The van der Waals surface area contributed by atoms with Gasteiger partial charge in [0.25, 0.3) is 0 Å². The SMILES string of the molecule is C=C/C=C(\C=C/C)c1ccc2c(c1)c1cc(-c3cccc(-c4cnc5c6ccccc6c6ccccc6c5n4)c3)ccc1n2-c1ccccc1. The first kappa shape index (κ1) is 29.6. The van der Waals surface area contributed by atoms with Crippen molar-refractivity contribution in [1.82, 2.24) is 14.5 Å². The summed E-state index contributed by atoms with van der Waals surface area (Å²) in [6, 6.07) is 49.8. The van der Waals surface area contributed by atoms with Crippen LogP contribution >= 0.6 is 0 Å². The molecule has 0 aliphatic rings. The van der Waals surface area contributed by atoms with Gasteiger partial charge in [-0.3, -0.25) is 4.98 Å². The monoisotopic (exact) mass is 639 g/mol.